The van der Waals surface area contributed by atoms with Crippen LogP contribution in [-0.2, 0) is 16.0 Å². The summed E-state index contributed by atoms with van der Waals surface area (Å²) >= 11 is 0. The van der Waals surface area contributed by atoms with Gasteiger partial charge in [-0.2, -0.15) is 0 Å². The molecule has 1 aliphatic rings. The van der Waals surface area contributed by atoms with Crippen LogP contribution >= 0.6 is 0 Å². The zero-order valence-electron chi connectivity index (χ0n) is 17.0. The van der Waals surface area contributed by atoms with Crippen LogP contribution in [0, 0.1) is 0 Å². The Balaban J connectivity index is 2.29. The molecule has 0 amide bonds. The Morgan fingerprint density at radius 2 is 1.96 bits per heavy atom. The molecular weight excluding hydrogens is 341 g/mol. The molecule has 0 radical (unpaired) electrons. The van der Waals surface area contributed by atoms with Gasteiger partial charge in [-0.05, 0) is 87.4 Å². The summed E-state index contributed by atoms with van der Waals surface area (Å²) in [7, 11) is 1.32. The van der Waals surface area contributed by atoms with Crippen molar-refractivity contribution >= 4 is 17.2 Å². The highest BCUT2D eigenvalue weighted by atomic mass is 19.1. The minimum absolute atomic E-state index is 0.304. The summed E-state index contributed by atoms with van der Waals surface area (Å²) in [6.07, 6.45) is 7.68. The molecule has 1 aromatic carbocycles. The first-order valence-corrected chi connectivity index (χ1v) is 9.54. The molecule has 0 aliphatic carbocycles. The lowest BCUT2D eigenvalue weighted by atomic mass is 9.99. The average Bonchev–Trinajstić information content (AvgIpc) is 2.87. The van der Waals surface area contributed by atoms with Crippen molar-refractivity contribution in [2.45, 2.75) is 53.0 Å². The molecule has 2 rings (SSSR count). The second-order valence-corrected chi connectivity index (χ2v) is 7.31. The molecule has 1 aromatic rings. The molecule has 0 saturated carbocycles. The molecule has 0 N–H and O–H groups in total. The Morgan fingerprint density at radius 3 is 2.63 bits per heavy atom. The Labute approximate surface area is 162 Å². The summed E-state index contributed by atoms with van der Waals surface area (Å²) in [5.74, 6) is -0.749. The van der Waals surface area contributed by atoms with E-state index < -0.39 is 5.97 Å². The normalized spacial score (nSPS) is 16.3. The summed E-state index contributed by atoms with van der Waals surface area (Å²) in [6.45, 7) is 9.02. The number of fused-ring (bicyclic) bond motifs is 1. The van der Waals surface area contributed by atoms with E-state index in [0.717, 1.165) is 24.9 Å². The largest absolute Gasteiger partial charge is 0.466 e. The fourth-order valence-corrected chi connectivity index (χ4v) is 3.31. The van der Waals surface area contributed by atoms with Gasteiger partial charge in [-0.3, -0.25) is 0 Å². The summed E-state index contributed by atoms with van der Waals surface area (Å²) in [4.78, 5) is 13.7. The molecule has 1 heterocycles. The molecule has 27 heavy (non-hydrogen) atoms. The maximum atomic E-state index is 14.6. The highest BCUT2D eigenvalue weighted by molar-refractivity contribution is 5.83. The van der Waals surface area contributed by atoms with Gasteiger partial charge in [0.25, 0.3) is 0 Å². The molecule has 4 heteroatoms. The maximum Gasteiger partial charge on any atom is 0.330 e. The Kier molecular flexibility index (Phi) is 7.40. The molecule has 0 saturated heterocycles. The fourth-order valence-electron chi connectivity index (χ4n) is 3.31. The third-order valence-corrected chi connectivity index (χ3v) is 4.94. The highest BCUT2D eigenvalue weighted by Gasteiger charge is 2.18. The van der Waals surface area contributed by atoms with Gasteiger partial charge in [0, 0.05) is 24.4 Å². The Hall–Kier alpha value is -2.36. The number of carbonyl (C=O) groups is 1. The van der Waals surface area contributed by atoms with Gasteiger partial charge in [0.15, 0.2) is 0 Å². The number of halogens is 1. The third kappa shape index (κ3) is 5.56. The van der Waals surface area contributed by atoms with Crippen LogP contribution in [0.25, 0.3) is 5.57 Å². The number of benzene rings is 1. The molecule has 3 nitrogen and oxygen atoms in total. The van der Waals surface area contributed by atoms with Gasteiger partial charge in [0.1, 0.15) is 5.83 Å². The first-order valence-electron chi connectivity index (χ1n) is 9.54. The van der Waals surface area contributed by atoms with Gasteiger partial charge in [-0.1, -0.05) is 12.1 Å². The van der Waals surface area contributed by atoms with Crippen molar-refractivity contribution in [1.29, 1.82) is 0 Å². The van der Waals surface area contributed by atoms with Crippen LogP contribution in [0.4, 0.5) is 10.1 Å². The minimum atomic E-state index is -0.446. The van der Waals surface area contributed by atoms with Gasteiger partial charge >= 0.3 is 5.97 Å². The van der Waals surface area contributed by atoms with E-state index in [0.29, 0.717) is 17.2 Å². The van der Waals surface area contributed by atoms with Gasteiger partial charge < -0.3 is 9.64 Å². The predicted molar refractivity (Wildman–Crippen MR) is 110 cm³/mol. The number of carbonyl (C=O) groups excluding carboxylic acids is 1. The smallest absolute Gasteiger partial charge is 0.330 e. The van der Waals surface area contributed by atoms with E-state index in [-0.39, 0.29) is 5.83 Å². The quantitative estimate of drug-likeness (QED) is 0.382. The van der Waals surface area contributed by atoms with Crippen LogP contribution in [-0.4, -0.2) is 25.7 Å². The number of anilines is 1. The minimum Gasteiger partial charge on any atom is -0.466 e. The zero-order valence-corrected chi connectivity index (χ0v) is 17.0. The van der Waals surface area contributed by atoms with E-state index in [1.807, 2.05) is 6.07 Å². The number of aryl methyl sites for hydroxylation is 1. The second kappa shape index (κ2) is 9.54. The lowest BCUT2D eigenvalue weighted by Crippen LogP contribution is -2.31. The van der Waals surface area contributed by atoms with Crippen molar-refractivity contribution in [3.8, 4) is 0 Å². The number of hydrogen-bond acceptors (Lipinski definition) is 3. The van der Waals surface area contributed by atoms with E-state index in [2.05, 4.69) is 35.6 Å². The molecule has 0 aromatic heterocycles. The van der Waals surface area contributed by atoms with Crippen molar-refractivity contribution in [1.82, 2.24) is 0 Å². The molecule has 0 spiro atoms. The van der Waals surface area contributed by atoms with Crippen molar-refractivity contribution in [2.75, 3.05) is 18.6 Å². The lowest BCUT2D eigenvalue weighted by molar-refractivity contribution is -0.134. The standard InChI is InChI=1S/C23H30FNO2/c1-16(2)25-13-7-6-8-20-15-19(10-12-22(20)25)18(4)21(24)11-9-17(3)14-23(26)27-5/h9-12,14-16H,6-8,13H2,1-5H3/b11-9+,17-14+,21-18-. The van der Waals surface area contributed by atoms with Crippen LogP contribution in [0.15, 0.2) is 47.8 Å². The van der Waals surface area contributed by atoms with Crippen LogP contribution in [0.5, 0.6) is 0 Å². The molecule has 146 valence electrons. The van der Waals surface area contributed by atoms with E-state index >= 15 is 0 Å². The predicted octanol–water partition coefficient (Wildman–Crippen LogP) is 5.61. The fraction of sp³-hybridized carbons (Fsp3) is 0.435. The number of allylic oxidation sites excluding steroid dienone is 5. The molecular formula is C23H30FNO2. The Morgan fingerprint density at radius 1 is 1.22 bits per heavy atom. The van der Waals surface area contributed by atoms with Gasteiger partial charge in [-0.25, -0.2) is 9.18 Å². The first-order chi connectivity index (χ1) is 12.8. The second-order valence-electron chi connectivity index (χ2n) is 7.31. The number of methoxy groups -OCH3 is 1. The van der Waals surface area contributed by atoms with Crippen LogP contribution in [0.2, 0.25) is 0 Å². The van der Waals surface area contributed by atoms with Crippen molar-refractivity contribution in [3.05, 3.63) is 59.0 Å². The van der Waals surface area contributed by atoms with Crippen LogP contribution in [0.1, 0.15) is 51.7 Å². The zero-order chi connectivity index (χ0) is 20.0. The molecule has 0 atom stereocenters. The average molecular weight is 371 g/mol. The van der Waals surface area contributed by atoms with Gasteiger partial charge in [0.05, 0.1) is 7.11 Å². The maximum absolute atomic E-state index is 14.6. The van der Waals surface area contributed by atoms with E-state index in [4.69, 9.17) is 0 Å². The van der Waals surface area contributed by atoms with Gasteiger partial charge in [-0.15, -0.1) is 0 Å². The van der Waals surface area contributed by atoms with Gasteiger partial charge in [0.2, 0.25) is 0 Å². The number of nitrogens with zero attached hydrogens (tertiary/aromatic N) is 1. The van der Waals surface area contributed by atoms with Crippen LogP contribution < -0.4 is 4.90 Å². The number of hydrogen-bond donors (Lipinski definition) is 0. The van der Waals surface area contributed by atoms with Crippen LogP contribution in [0.3, 0.4) is 0 Å². The molecule has 0 bridgehead atoms. The van der Waals surface area contributed by atoms with Crippen molar-refractivity contribution in [2.24, 2.45) is 0 Å². The summed E-state index contributed by atoms with van der Waals surface area (Å²) in [6, 6.07) is 6.70. The summed E-state index contributed by atoms with van der Waals surface area (Å²) < 4.78 is 19.2. The monoisotopic (exact) mass is 371 g/mol. The first kappa shape index (κ1) is 20.9. The van der Waals surface area contributed by atoms with E-state index in [1.54, 1.807) is 19.9 Å². The number of esters is 1. The summed E-state index contributed by atoms with van der Waals surface area (Å²) in [5.41, 5.74) is 4.69. The summed E-state index contributed by atoms with van der Waals surface area (Å²) in [5, 5.41) is 0. The number of rotatable bonds is 5. The third-order valence-electron chi connectivity index (χ3n) is 4.94. The molecule has 1 aliphatic heterocycles. The lowest BCUT2D eigenvalue weighted by Gasteiger charge is -2.29. The highest BCUT2D eigenvalue weighted by Crippen LogP contribution is 2.31. The van der Waals surface area contributed by atoms with E-state index in [1.165, 1.54) is 36.9 Å². The van der Waals surface area contributed by atoms with Crippen molar-refractivity contribution < 1.29 is 13.9 Å². The van der Waals surface area contributed by atoms with E-state index in [9.17, 15) is 9.18 Å². The topological polar surface area (TPSA) is 29.5 Å². The molecule has 0 unspecified atom stereocenters. The molecule has 0 fully saturated rings. The Bertz CT molecular complexity index is 775. The SMILES string of the molecule is COC(=O)/C=C(C)/C=C/C(F)=C(\C)c1ccc2c(c1)CCCCN2C(C)C. The number of ether oxygens (including phenoxy) is 1. The van der Waals surface area contributed by atoms with Crippen molar-refractivity contribution in [3.63, 3.8) is 0 Å².